The van der Waals surface area contributed by atoms with Gasteiger partial charge in [-0.25, -0.2) is 8.42 Å². The molecule has 0 aliphatic heterocycles. The Bertz CT molecular complexity index is 741. The molecule has 21 heavy (non-hydrogen) atoms. The van der Waals surface area contributed by atoms with Crippen LogP contribution >= 0.6 is 24.0 Å². The summed E-state index contributed by atoms with van der Waals surface area (Å²) in [6.45, 7) is 0. The maximum absolute atomic E-state index is 12.2. The second kappa shape index (κ2) is 6.42. The van der Waals surface area contributed by atoms with E-state index in [1.807, 2.05) is 18.4 Å². The second-order valence-electron chi connectivity index (χ2n) is 4.08. The van der Waals surface area contributed by atoms with Gasteiger partial charge in [0.25, 0.3) is 10.0 Å². The third-order valence-corrected chi connectivity index (χ3v) is 4.96. The Balaban J connectivity index is 2.22. The molecule has 1 heterocycles. The van der Waals surface area contributed by atoms with Crippen molar-refractivity contribution in [3.63, 3.8) is 0 Å². The van der Waals surface area contributed by atoms with E-state index in [0.29, 0.717) is 11.4 Å². The molecule has 0 amide bonds. The highest BCUT2D eigenvalue weighted by molar-refractivity contribution is 7.98. The topological polar surface area (TPSA) is 85.1 Å². The fourth-order valence-corrected chi connectivity index (χ4v) is 3.09. The number of aromatic nitrogens is 1. The number of sulfonamides is 1. The van der Waals surface area contributed by atoms with E-state index in [1.165, 1.54) is 18.3 Å². The van der Waals surface area contributed by atoms with Gasteiger partial charge in [-0.15, -0.1) is 11.8 Å². The molecule has 1 aromatic carbocycles. The molecule has 5 nitrogen and oxygen atoms in total. The average molecular weight is 339 g/mol. The number of thioether (sulfide) groups is 1. The SMILES string of the molecule is CSc1ccc(NS(=O)(=O)c2ccc(C(N)=S)nc2)cc1. The van der Waals surface area contributed by atoms with E-state index in [4.69, 9.17) is 18.0 Å². The van der Waals surface area contributed by atoms with Crippen LogP contribution in [-0.2, 0) is 10.0 Å². The lowest BCUT2D eigenvalue weighted by Crippen LogP contribution is -2.15. The molecular formula is C13H13N3O2S3. The Morgan fingerprint density at radius 3 is 2.38 bits per heavy atom. The summed E-state index contributed by atoms with van der Waals surface area (Å²) in [6, 6.07) is 10.0. The highest BCUT2D eigenvalue weighted by Gasteiger charge is 2.15. The highest BCUT2D eigenvalue weighted by atomic mass is 32.2. The van der Waals surface area contributed by atoms with Gasteiger partial charge in [0.05, 0.1) is 5.69 Å². The molecule has 0 saturated heterocycles. The van der Waals surface area contributed by atoms with Crippen LogP contribution in [0.2, 0.25) is 0 Å². The van der Waals surface area contributed by atoms with Crippen LogP contribution in [0.15, 0.2) is 52.4 Å². The first kappa shape index (κ1) is 15.7. The Kier molecular flexibility index (Phi) is 4.81. The number of nitrogens with zero attached hydrogens (tertiary/aromatic N) is 1. The Labute approximate surface area is 133 Å². The van der Waals surface area contributed by atoms with Gasteiger partial charge in [0, 0.05) is 16.8 Å². The first-order valence-electron chi connectivity index (χ1n) is 5.85. The molecule has 0 radical (unpaired) electrons. The fourth-order valence-electron chi connectivity index (χ4n) is 1.56. The maximum Gasteiger partial charge on any atom is 0.263 e. The zero-order valence-electron chi connectivity index (χ0n) is 11.1. The van der Waals surface area contributed by atoms with Crippen LogP contribution in [0, 0.1) is 0 Å². The molecule has 0 bridgehead atoms. The molecular weight excluding hydrogens is 326 g/mol. The number of thiocarbonyl (C=S) groups is 1. The van der Waals surface area contributed by atoms with Gasteiger partial charge in [-0.1, -0.05) is 12.2 Å². The van der Waals surface area contributed by atoms with Crippen LogP contribution in [0.3, 0.4) is 0 Å². The zero-order chi connectivity index (χ0) is 15.5. The van der Waals surface area contributed by atoms with Crippen LogP contribution in [0.25, 0.3) is 0 Å². The summed E-state index contributed by atoms with van der Waals surface area (Å²) in [5.74, 6) is 0. The van der Waals surface area contributed by atoms with Crippen LogP contribution in [0.4, 0.5) is 5.69 Å². The minimum absolute atomic E-state index is 0.0523. The normalized spacial score (nSPS) is 11.1. The van der Waals surface area contributed by atoms with Crippen molar-refractivity contribution in [2.75, 3.05) is 11.0 Å². The van der Waals surface area contributed by atoms with E-state index in [1.54, 1.807) is 23.9 Å². The van der Waals surface area contributed by atoms with E-state index in [2.05, 4.69) is 9.71 Å². The third kappa shape index (κ3) is 3.93. The number of pyridine rings is 1. The summed E-state index contributed by atoms with van der Waals surface area (Å²) in [5.41, 5.74) is 6.30. The van der Waals surface area contributed by atoms with E-state index >= 15 is 0 Å². The van der Waals surface area contributed by atoms with Crippen molar-refractivity contribution in [2.24, 2.45) is 5.73 Å². The summed E-state index contributed by atoms with van der Waals surface area (Å²) >= 11 is 6.36. The first-order valence-corrected chi connectivity index (χ1v) is 8.97. The molecule has 0 aliphatic carbocycles. The summed E-state index contributed by atoms with van der Waals surface area (Å²) in [7, 11) is -3.68. The van der Waals surface area contributed by atoms with Crippen LogP contribution < -0.4 is 10.5 Å². The predicted molar refractivity (Wildman–Crippen MR) is 89.2 cm³/mol. The summed E-state index contributed by atoms with van der Waals surface area (Å²) in [5, 5.41) is 0. The first-order chi connectivity index (χ1) is 9.92. The molecule has 0 saturated carbocycles. The van der Waals surface area contributed by atoms with Gasteiger partial charge in [-0.05, 0) is 42.7 Å². The van der Waals surface area contributed by atoms with Gasteiger partial charge in [-0.3, -0.25) is 9.71 Å². The molecule has 2 rings (SSSR count). The minimum Gasteiger partial charge on any atom is -0.388 e. The maximum atomic E-state index is 12.2. The molecule has 0 aliphatic rings. The van der Waals surface area contributed by atoms with Crippen molar-refractivity contribution in [2.45, 2.75) is 9.79 Å². The Morgan fingerprint density at radius 2 is 1.90 bits per heavy atom. The van der Waals surface area contributed by atoms with Crippen LogP contribution in [-0.4, -0.2) is 24.6 Å². The van der Waals surface area contributed by atoms with Crippen molar-refractivity contribution in [1.82, 2.24) is 4.98 Å². The Hall–Kier alpha value is -1.64. The van der Waals surface area contributed by atoms with E-state index in [9.17, 15) is 8.42 Å². The predicted octanol–water partition coefficient (Wildman–Crippen LogP) is 2.24. The highest BCUT2D eigenvalue weighted by Crippen LogP contribution is 2.20. The monoisotopic (exact) mass is 339 g/mol. The van der Waals surface area contributed by atoms with Gasteiger partial charge in [0.15, 0.2) is 0 Å². The number of hydrogen-bond donors (Lipinski definition) is 2. The van der Waals surface area contributed by atoms with E-state index < -0.39 is 10.0 Å². The molecule has 0 unspecified atom stereocenters. The standard InChI is InChI=1S/C13H13N3O2S3/c1-20-10-4-2-9(3-5-10)16-21(17,18)11-6-7-12(13(14)19)15-8-11/h2-8,16H,1H3,(H2,14,19). The van der Waals surface area contributed by atoms with Gasteiger partial charge in [0.2, 0.25) is 0 Å². The van der Waals surface area contributed by atoms with Crippen LogP contribution in [0.5, 0.6) is 0 Å². The third-order valence-electron chi connectivity index (χ3n) is 2.64. The number of anilines is 1. The van der Waals surface area contributed by atoms with Gasteiger partial charge in [0.1, 0.15) is 9.88 Å². The van der Waals surface area contributed by atoms with Crippen molar-refractivity contribution < 1.29 is 8.42 Å². The number of nitrogens with two attached hydrogens (primary N) is 1. The molecule has 0 spiro atoms. The van der Waals surface area contributed by atoms with Gasteiger partial charge in [-0.2, -0.15) is 0 Å². The number of nitrogens with one attached hydrogen (secondary N) is 1. The average Bonchev–Trinajstić information content (AvgIpc) is 2.48. The molecule has 2 aromatic rings. The summed E-state index contributed by atoms with van der Waals surface area (Å²) in [6.07, 6.45) is 3.18. The lowest BCUT2D eigenvalue weighted by Gasteiger charge is -2.08. The van der Waals surface area contributed by atoms with Crippen molar-refractivity contribution in [1.29, 1.82) is 0 Å². The smallest absolute Gasteiger partial charge is 0.263 e. The second-order valence-corrected chi connectivity index (χ2v) is 7.08. The number of hydrogen-bond acceptors (Lipinski definition) is 5. The van der Waals surface area contributed by atoms with Gasteiger partial charge < -0.3 is 5.73 Å². The van der Waals surface area contributed by atoms with E-state index in [0.717, 1.165) is 4.90 Å². The lowest BCUT2D eigenvalue weighted by molar-refractivity contribution is 0.601. The number of rotatable bonds is 5. The van der Waals surface area contributed by atoms with Crippen molar-refractivity contribution >= 4 is 44.7 Å². The molecule has 110 valence electrons. The summed E-state index contributed by atoms with van der Waals surface area (Å²) < 4.78 is 26.9. The zero-order valence-corrected chi connectivity index (χ0v) is 13.6. The van der Waals surface area contributed by atoms with Crippen molar-refractivity contribution in [3.05, 3.63) is 48.3 Å². The lowest BCUT2D eigenvalue weighted by atomic mass is 10.3. The number of benzene rings is 1. The molecule has 1 aromatic heterocycles. The molecule has 0 atom stereocenters. The molecule has 3 N–H and O–H groups in total. The minimum atomic E-state index is -3.68. The largest absolute Gasteiger partial charge is 0.388 e. The summed E-state index contributed by atoms with van der Waals surface area (Å²) in [4.78, 5) is 5.16. The Morgan fingerprint density at radius 1 is 1.24 bits per heavy atom. The fraction of sp³-hybridized carbons (Fsp3) is 0.0769. The van der Waals surface area contributed by atoms with Crippen molar-refractivity contribution in [3.8, 4) is 0 Å². The molecule has 0 fully saturated rings. The van der Waals surface area contributed by atoms with E-state index in [-0.39, 0.29) is 9.88 Å². The quantitative estimate of drug-likeness (QED) is 0.642. The van der Waals surface area contributed by atoms with Gasteiger partial charge >= 0.3 is 0 Å². The molecule has 8 heteroatoms. The van der Waals surface area contributed by atoms with Crippen LogP contribution in [0.1, 0.15) is 5.69 Å².